The van der Waals surface area contributed by atoms with Gasteiger partial charge in [0.05, 0.1) is 26.2 Å². The maximum Gasteiger partial charge on any atom is 0.313 e. The second kappa shape index (κ2) is 8.05. The van der Waals surface area contributed by atoms with E-state index in [1.807, 2.05) is 6.07 Å². The molecular weight excluding hydrogens is 312 g/mol. The van der Waals surface area contributed by atoms with Gasteiger partial charge in [-0.3, -0.25) is 9.59 Å². The average molecular weight is 332 g/mol. The SMILES string of the molecule is COc1ccc(OC)c(NC(=O)C(=O)NC(C)Cc2ccco2)c1. The lowest BCUT2D eigenvalue weighted by Gasteiger charge is -2.14. The lowest BCUT2D eigenvalue weighted by Crippen LogP contribution is -2.41. The van der Waals surface area contributed by atoms with Gasteiger partial charge in [-0.25, -0.2) is 0 Å². The molecule has 0 saturated carbocycles. The van der Waals surface area contributed by atoms with E-state index >= 15 is 0 Å². The van der Waals surface area contributed by atoms with Gasteiger partial charge < -0.3 is 24.5 Å². The summed E-state index contributed by atoms with van der Waals surface area (Å²) in [6.45, 7) is 1.79. The Labute approximate surface area is 139 Å². The highest BCUT2D eigenvalue weighted by Crippen LogP contribution is 2.28. The van der Waals surface area contributed by atoms with Crippen molar-refractivity contribution in [2.24, 2.45) is 0 Å². The number of hydrogen-bond acceptors (Lipinski definition) is 5. The molecule has 7 nitrogen and oxygen atoms in total. The number of nitrogens with one attached hydrogen (secondary N) is 2. The molecule has 2 rings (SSSR count). The number of anilines is 1. The van der Waals surface area contributed by atoms with E-state index in [0.717, 1.165) is 5.76 Å². The van der Waals surface area contributed by atoms with E-state index in [-0.39, 0.29) is 6.04 Å². The Bertz CT molecular complexity index is 697. The second-order valence-electron chi connectivity index (χ2n) is 5.18. The predicted octanol–water partition coefficient (Wildman–Crippen LogP) is 1.98. The van der Waals surface area contributed by atoms with Gasteiger partial charge in [-0.15, -0.1) is 0 Å². The standard InChI is InChI=1S/C17H20N2O5/c1-11(9-13-5-4-8-24-13)18-16(20)17(21)19-14-10-12(22-2)6-7-15(14)23-3/h4-8,10-11H,9H2,1-3H3,(H,18,20)(H,19,21). The quantitative estimate of drug-likeness (QED) is 0.790. The summed E-state index contributed by atoms with van der Waals surface area (Å²) in [5, 5.41) is 5.14. The third-order valence-electron chi connectivity index (χ3n) is 3.33. The van der Waals surface area contributed by atoms with Crippen molar-refractivity contribution in [3.63, 3.8) is 0 Å². The molecule has 1 heterocycles. The molecule has 7 heteroatoms. The number of carbonyl (C=O) groups excluding carboxylic acids is 2. The third kappa shape index (κ3) is 4.52. The highest BCUT2D eigenvalue weighted by atomic mass is 16.5. The minimum atomic E-state index is -0.784. The van der Waals surface area contributed by atoms with Crippen LogP contribution in [-0.4, -0.2) is 32.1 Å². The van der Waals surface area contributed by atoms with Gasteiger partial charge >= 0.3 is 11.8 Å². The predicted molar refractivity (Wildman–Crippen MR) is 88.2 cm³/mol. The molecule has 0 aliphatic carbocycles. The first-order valence-corrected chi connectivity index (χ1v) is 7.39. The zero-order valence-corrected chi connectivity index (χ0v) is 13.8. The number of hydrogen-bond donors (Lipinski definition) is 2. The van der Waals surface area contributed by atoms with Crippen LogP contribution in [-0.2, 0) is 16.0 Å². The summed E-state index contributed by atoms with van der Waals surface area (Å²) in [4.78, 5) is 24.1. The largest absolute Gasteiger partial charge is 0.497 e. The van der Waals surface area contributed by atoms with E-state index in [1.54, 1.807) is 37.5 Å². The van der Waals surface area contributed by atoms with E-state index < -0.39 is 11.8 Å². The fraction of sp³-hybridized carbons (Fsp3) is 0.294. The molecule has 0 fully saturated rings. The number of carbonyl (C=O) groups is 2. The van der Waals surface area contributed by atoms with Crippen molar-refractivity contribution in [2.45, 2.75) is 19.4 Å². The summed E-state index contributed by atoms with van der Waals surface area (Å²) < 4.78 is 15.5. The van der Waals surface area contributed by atoms with Crippen molar-refractivity contribution in [1.29, 1.82) is 0 Å². The summed E-state index contributed by atoms with van der Waals surface area (Å²) in [6, 6.07) is 8.25. The Morgan fingerprint density at radius 3 is 2.58 bits per heavy atom. The number of methoxy groups -OCH3 is 2. The molecule has 2 aromatic rings. The van der Waals surface area contributed by atoms with Gasteiger partial charge in [-0.1, -0.05) is 0 Å². The molecule has 0 spiro atoms. The van der Waals surface area contributed by atoms with Crippen LogP contribution >= 0.6 is 0 Å². The Morgan fingerprint density at radius 2 is 1.96 bits per heavy atom. The number of amides is 2. The first-order chi connectivity index (χ1) is 11.5. The second-order valence-corrected chi connectivity index (χ2v) is 5.18. The Morgan fingerprint density at radius 1 is 1.17 bits per heavy atom. The van der Waals surface area contributed by atoms with E-state index in [4.69, 9.17) is 13.9 Å². The molecule has 0 radical (unpaired) electrons. The van der Waals surface area contributed by atoms with Gasteiger partial charge in [-0.2, -0.15) is 0 Å². The van der Waals surface area contributed by atoms with E-state index in [9.17, 15) is 9.59 Å². The molecule has 0 aliphatic rings. The molecule has 0 saturated heterocycles. The van der Waals surface area contributed by atoms with E-state index in [1.165, 1.54) is 14.2 Å². The van der Waals surface area contributed by atoms with Gasteiger partial charge in [0.15, 0.2) is 0 Å². The van der Waals surface area contributed by atoms with Gasteiger partial charge in [0.1, 0.15) is 17.3 Å². The summed E-state index contributed by atoms with van der Waals surface area (Å²) in [5.41, 5.74) is 0.357. The molecular formula is C17H20N2O5. The zero-order valence-electron chi connectivity index (χ0n) is 13.8. The molecule has 2 amide bonds. The monoisotopic (exact) mass is 332 g/mol. The van der Waals surface area contributed by atoms with Crippen LogP contribution in [0.1, 0.15) is 12.7 Å². The van der Waals surface area contributed by atoms with Crippen molar-refractivity contribution in [1.82, 2.24) is 5.32 Å². The number of furan rings is 1. The maximum atomic E-state index is 12.1. The van der Waals surface area contributed by atoms with E-state index in [0.29, 0.717) is 23.6 Å². The number of rotatable bonds is 6. The van der Waals surface area contributed by atoms with Crippen LogP contribution < -0.4 is 20.1 Å². The highest BCUT2D eigenvalue weighted by molar-refractivity contribution is 6.39. The number of ether oxygens (including phenoxy) is 2. The molecule has 1 aromatic carbocycles. The first kappa shape index (κ1) is 17.4. The number of benzene rings is 1. The molecule has 24 heavy (non-hydrogen) atoms. The van der Waals surface area contributed by atoms with Crippen molar-refractivity contribution < 1.29 is 23.5 Å². The summed E-state index contributed by atoms with van der Waals surface area (Å²) in [5.74, 6) is 0.183. The van der Waals surface area contributed by atoms with Gasteiger partial charge in [0.2, 0.25) is 0 Å². The fourth-order valence-electron chi connectivity index (χ4n) is 2.16. The minimum absolute atomic E-state index is 0.249. The Balaban J connectivity index is 1.97. The Hall–Kier alpha value is -2.96. The van der Waals surface area contributed by atoms with Crippen molar-refractivity contribution in [3.8, 4) is 11.5 Å². The topological polar surface area (TPSA) is 89.8 Å². The lowest BCUT2D eigenvalue weighted by atomic mass is 10.2. The van der Waals surface area contributed by atoms with Gasteiger partial charge in [0.25, 0.3) is 0 Å². The molecule has 1 aromatic heterocycles. The van der Waals surface area contributed by atoms with E-state index in [2.05, 4.69) is 10.6 Å². The van der Waals surface area contributed by atoms with Crippen LogP contribution in [0.25, 0.3) is 0 Å². The Kier molecular flexibility index (Phi) is 5.83. The average Bonchev–Trinajstić information content (AvgIpc) is 3.07. The minimum Gasteiger partial charge on any atom is -0.497 e. The van der Waals surface area contributed by atoms with Crippen molar-refractivity contribution in [2.75, 3.05) is 19.5 Å². The van der Waals surface area contributed by atoms with Crippen LogP contribution in [0.15, 0.2) is 41.0 Å². The molecule has 1 unspecified atom stereocenters. The zero-order chi connectivity index (χ0) is 17.5. The van der Waals surface area contributed by atoms with Crippen LogP contribution in [0.3, 0.4) is 0 Å². The normalized spacial score (nSPS) is 11.5. The maximum absolute atomic E-state index is 12.1. The fourth-order valence-corrected chi connectivity index (χ4v) is 2.16. The lowest BCUT2D eigenvalue weighted by molar-refractivity contribution is -0.136. The first-order valence-electron chi connectivity index (χ1n) is 7.39. The van der Waals surface area contributed by atoms with Crippen LogP contribution in [0, 0.1) is 0 Å². The molecule has 2 N–H and O–H groups in total. The summed E-state index contributed by atoms with van der Waals surface area (Å²) in [6.07, 6.45) is 2.06. The highest BCUT2D eigenvalue weighted by Gasteiger charge is 2.19. The van der Waals surface area contributed by atoms with Crippen molar-refractivity contribution in [3.05, 3.63) is 42.4 Å². The molecule has 0 bridgehead atoms. The van der Waals surface area contributed by atoms with Crippen LogP contribution in [0.2, 0.25) is 0 Å². The van der Waals surface area contributed by atoms with Crippen LogP contribution in [0.5, 0.6) is 11.5 Å². The molecule has 0 aliphatic heterocycles. The summed E-state index contributed by atoms with van der Waals surface area (Å²) in [7, 11) is 2.99. The van der Waals surface area contributed by atoms with Gasteiger partial charge in [-0.05, 0) is 31.2 Å². The van der Waals surface area contributed by atoms with Crippen molar-refractivity contribution >= 4 is 17.5 Å². The molecule has 128 valence electrons. The third-order valence-corrected chi connectivity index (χ3v) is 3.33. The smallest absolute Gasteiger partial charge is 0.313 e. The van der Waals surface area contributed by atoms with Gasteiger partial charge in [0, 0.05) is 18.5 Å². The summed E-state index contributed by atoms with van der Waals surface area (Å²) >= 11 is 0. The van der Waals surface area contributed by atoms with Crippen LogP contribution in [0.4, 0.5) is 5.69 Å². The molecule has 1 atom stereocenters.